The zero-order valence-corrected chi connectivity index (χ0v) is 19.0. The molecule has 30 heavy (non-hydrogen) atoms. The van der Waals surface area contributed by atoms with Crippen molar-refractivity contribution in [2.24, 2.45) is 11.3 Å². The number of carbonyl (C=O) groups excluding carboxylic acids is 2. The van der Waals surface area contributed by atoms with Gasteiger partial charge in [-0.2, -0.15) is 0 Å². The van der Waals surface area contributed by atoms with Crippen LogP contribution >= 0.6 is 0 Å². The molecule has 3 rings (SSSR count). The molecule has 1 heterocycles. The van der Waals surface area contributed by atoms with E-state index in [9.17, 15) is 9.59 Å². The lowest BCUT2D eigenvalue weighted by Gasteiger charge is -2.56. The second kappa shape index (κ2) is 8.44. The predicted molar refractivity (Wildman–Crippen MR) is 116 cm³/mol. The second-order valence-electron chi connectivity index (χ2n) is 9.48. The molecular weight excluding hydrogens is 380 g/mol. The summed E-state index contributed by atoms with van der Waals surface area (Å²) < 4.78 is 18.0. The van der Waals surface area contributed by atoms with Gasteiger partial charge in [0.1, 0.15) is 23.2 Å². The van der Waals surface area contributed by atoms with Crippen molar-refractivity contribution >= 4 is 11.9 Å². The SMILES string of the molecule is CC(=O)Oc1ccc2c(c1)C[C@]1(OC(C)=O)[C@H](C)CCC[C@]1(C)CC(C=C(C)C)O2. The smallest absolute Gasteiger partial charge is 0.308 e. The van der Waals surface area contributed by atoms with E-state index in [1.807, 2.05) is 12.1 Å². The number of rotatable bonds is 3. The van der Waals surface area contributed by atoms with Crippen LogP contribution in [0, 0.1) is 11.3 Å². The topological polar surface area (TPSA) is 61.8 Å². The van der Waals surface area contributed by atoms with Gasteiger partial charge in [-0.05, 0) is 63.3 Å². The number of benzene rings is 1. The maximum atomic E-state index is 12.3. The third kappa shape index (κ3) is 4.40. The van der Waals surface area contributed by atoms with Gasteiger partial charge in [-0.1, -0.05) is 25.8 Å². The van der Waals surface area contributed by atoms with Crippen molar-refractivity contribution < 1.29 is 23.8 Å². The minimum absolute atomic E-state index is 0.126. The van der Waals surface area contributed by atoms with E-state index in [4.69, 9.17) is 14.2 Å². The van der Waals surface area contributed by atoms with E-state index in [2.05, 4.69) is 33.8 Å². The molecule has 1 aromatic rings. The molecule has 1 aliphatic carbocycles. The van der Waals surface area contributed by atoms with Crippen LogP contribution in [-0.4, -0.2) is 23.6 Å². The predicted octanol–water partition coefficient (Wildman–Crippen LogP) is 5.40. The maximum absolute atomic E-state index is 12.3. The van der Waals surface area contributed by atoms with E-state index in [-0.39, 0.29) is 29.4 Å². The van der Waals surface area contributed by atoms with Crippen LogP contribution in [0.15, 0.2) is 29.8 Å². The molecule has 0 saturated heterocycles. The largest absolute Gasteiger partial charge is 0.486 e. The van der Waals surface area contributed by atoms with Crippen molar-refractivity contribution in [2.75, 3.05) is 0 Å². The molecule has 1 aromatic carbocycles. The average molecular weight is 415 g/mol. The van der Waals surface area contributed by atoms with E-state index in [1.165, 1.54) is 19.4 Å². The van der Waals surface area contributed by atoms with E-state index >= 15 is 0 Å². The van der Waals surface area contributed by atoms with Crippen LogP contribution < -0.4 is 9.47 Å². The fourth-order valence-corrected chi connectivity index (χ4v) is 5.45. The zero-order valence-electron chi connectivity index (χ0n) is 19.0. The fraction of sp³-hybridized carbons (Fsp3) is 0.600. The first-order chi connectivity index (χ1) is 14.0. The first-order valence-electron chi connectivity index (χ1n) is 10.9. The minimum atomic E-state index is -0.641. The van der Waals surface area contributed by atoms with Gasteiger partial charge >= 0.3 is 11.9 Å². The van der Waals surface area contributed by atoms with Gasteiger partial charge in [-0.15, -0.1) is 0 Å². The fourth-order valence-electron chi connectivity index (χ4n) is 5.45. The number of fused-ring (bicyclic) bond motifs is 2. The average Bonchev–Trinajstić information content (AvgIpc) is 2.59. The van der Waals surface area contributed by atoms with Gasteiger partial charge in [0.25, 0.3) is 0 Å². The van der Waals surface area contributed by atoms with Gasteiger partial charge in [0, 0.05) is 31.2 Å². The normalized spacial score (nSPS) is 30.5. The first-order valence-corrected chi connectivity index (χ1v) is 10.9. The molecule has 4 atom stereocenters. The Kier molecular flexibility index (Phi) is 6.30. The molecule has 0 spiro atoms. The highest BCUT2D eigenvalue weighted by Gasteiger charge is 2.57. The second-order valence-corrected chi connectivity index (χ2v) is 9.48. The number of hydrogen-bond acceptors (Lipinski definition) is 5. The van der Waals surface area contributed by atoms with E-state index in [0.717, 1.165) is 37.0 Å². The lowest BCUT2D eigenvalue weighted by molar-refractivity contribution is -0.200. The van der Waals surface area contributed by atoms with Crippen molar-refractivity contribution in [1.29, 1.82) is 0 Å². The summed E-state index contributed by atoms with van der Waals surface area (Å²) in [5.74, 6) is 0.811. The van der Waals surface area contributed by atoms with Crippen LogP contribution in [0.3, 0.4) is 0 Å². The highest BCUT2D eigenvalue weighted by Crippen LogP contribution is 2.56. The molecule has 0 amide bonds. The lowest BCUT2D eigenvalue weighted by atomic mass is 9.55. The highest BCUT2D eigenvalue weighted by atomic mass is 16.6. The molecular formula is C25H34O5. The number of ether oxygens (including phenoxy) is 3. The van der Waals surface area contributed by atoms with Gasteiger partial charge in [0.15, 0.2) is 0 Å². The Morgan fingerprint density at radius 2 is 1.90 bits per heavy atom. The molecule has 1 unspecified atom stereocenters. The third-order valence-electron chi connectivity index (χ3n) is 6.71. The summed E-state index contributed by atoms with van der Waals surface area (Å²) in [6.07, 6.45) is 6.42. The third-order valence-corrected chi connectivity index (χ3v) is 6.71. The number of esters is 2. The van der Waals surface area contributed by atoms with Gasteiger partial charge in [-0.25, -0.2) is 0 Å². The molecule has 1 aliphatic heterocycles. The van der Waals surface area contributed by atoms with Gasteiger partial charge in [-0.3, -0.25) is 9.59 Å². The maximum Gasteiger partial charge on any atom is 0.308 e. The zero-order chi connectivity index (χ0) is 22.1. The molecule has 5 nitrogen and oxygen atoms in total. The standard InChI is InChI=1S/C25H34O5/c1-16(2)12-22-15-24(6)11-7-8-17(3)25(24,30-19(5)27)14-20-13-21(28-18(4)26)9-10-23(20)29-22/h9-10,12-13,17,22H,7-8,11,14-15H2,1-6H3/t17-,22?,24-,25+/m1/s1. The molecule has 0 aromatic heterocycles. The number of carbonyl (C=O) groups is 2. The van der Waals surface area contributed by atoms with Crippen molar-refractivity contribution in [3.05, 3.63) is 35.4 Å². The van der Waals surface area contributed by atoms with Gasteiger partial charge in [0.05, 0.1) is 0 Å². The number of hydrogen-bond donors (Lipinski definition) is 0. The Labute approximate surface area is 179 Å². The first kappa shape index (κ1) is 22.4. The summed E-state index contributed by atoms with van der Waals surface area (Å²) in [5, 5.41) is 0. The molecule has 0 radical (unpaired) electrons. The minimum Gasteiger partial charge on any atom is -0.486 e. The molecule has 0 bridgehead atoms. The molecule has 1 fully saturated rings. The molecule has 5 heteroatoms. The van der Waals surface area contributed by atoms with Crippen LogP contribution in [0.1, 0.15) is 72.8 Å². The lowest BCUT2D eigenvalue weighted by Crippen LogP contribution is -2.59. The van der Waals surface area contributed by atoms with Crippen LogP contribution in [0.5, 0.6) is 11.5 Å². The Morgan fingerprint density at radius 1 is 1.17 bits per heavy atom. The van der Waals surface area contributed by atoms with Gasteiger partial charge in [0.2, 0.25) is 0 Å². The summed E-state index contributed by atoms with van der Waals surface area (Å²) in [4.78, 5) is 23.8. The van der Waals surface area contributed by atoms with Crippen LogP contribution in [0.25, 0.3) is 0 Å². The van der Waals surface area contributed by atoms with Crippen molar-refractivity contribution in [1.82, 2.24) is 0 Å². The van der Waals surface area contributed by atoms with E-state index in [1.54, 1.807) is 6.07 Å². The van der Waals surface area contributed by atoms with Crippen LogP contribution in [0.2, 0.25) is 0 Å². The Morgan fingerprint density at radius 3 is 2.53 bits per heavy atom. The van der Waals surface area contributed by atoms with Gasteiger partial charge < -0.3 is 14.2 Å². The Balaban J connectivity index is 2.18. The molecule has 2 aliphatic rings. The quantitative estimate of drug-likeness (QED) is 0.376. The summed E-state index contributed by atoms with van der Waals surface area (Å²) in [6, 6.07) is 5.47. The molecule has 0 N–H and O–H groups in total. The van der Waals surface area contributed by atoms with Crippen molar-refractivity contribution in [2.45, 2.75) is 85.4 Å². The van der Waals surface area contributed by atoms with Crippen molar-refractivity contribution in [3.63, 3.8) is 0 Å². The number of allylic oxidation sites excluding steroid dienone is 1. The Hall–Kier alpha value is -2.30. The van der Waals surface area contributed by atoms with Crippen LogP contribution in [0.4, 0.5) is 0 Å². The Bertz CT molecular complexity index is 853. The van der Waals surface area contributed by atoms with Crippen molar-refractivity contribution in [3.8, 4) is 11.5 Å². The molecule has 1 saturated carbocycles. The van der Waals surface area contributed by atoms with E-state index < -0.39 is 5.60 Å². The summed E-state index contributed by atoms with van der Waals surface area (Å²) in [5.41, 5.74) is 1.21. The summed E-state index contributed by atoms with van der Waals surface area (Å²) in [6.45, 7) is 11.4. The van der Waals surface area contributed by atoms with Crippen LogP contribution in [-0.2, 0) is 20.7 Å². The van der Waals surface area contributed by atoms with E-state index in [0.29, 0.717) is 12.2 Å². The monoisotopic (exact) mass is 414 g/mol. The molecule has 164 valence electrons. The highest BCUT2D eigenvalue weighted by molar-refractivity contribution is 5.69. The summed E-state index contributed by atoms with van der Waals surface area (Å²) in [7, 11) is 0. The summed E-state index contributed by atoms with van der Waals surface area (Å²) >= 11 is 0.